The SMILES string of the molecule is Cc1ccc(-c2nnc(CCC(=O)OC(C)C(=O)c3cc(C)c(C)cc3C)o2)cc1. The Bertz CT molecular complexity index is 1070. The van der Waals surface area contributed by atoms with Crippen LogP contribution in [0.4, 0.5) is 0 Å². The van der Waals surface area contributed by atoms with Gasteiger partial charge in [0.25, 0.3) is 0 Å². The van der Waals surface area contributed by atoms with Crippen molar-refractivity contribution in [2.75, 3.05) is 0 Å². The second kappa shape index (κ2) is 9.03. The van der Waals surface area contributed by atoms with Crippen LogP contribution in [0.1, 0.15) is 51.8 Å². The van der Waals surface area contributed by atoms with Crippen LogP contribution in [0.3, 0.4) is 0 Å². The predicted octanol–water partition coefficient (Wildman–Crippen LogP) is 4.72. The Morgan fingerprint density at radius 2 is 1.63 bits per heavy atom. The molecular weight excluding hydrogens is 380 g/mol. The number of hydrogen-bond acceptors (Lipinski definition) is 6. The van der Waals surface area contributed by atoms with Gasteiger partial charge in [0.05, 0.1) is 6.42 Å². The molecule has 0 bridgehead atoms. The zero-order valence-corrected chi connectivity index (χ0v) is 18.0. The third kappa shape index (κ3) is 5.00. The lowest BCUT2D eigenvalue weighted by Gasteiger charge is -2.15. The van der Waals surface area contributed by atoms with E-state index in [0.717, 1.165) is 27.8 Å². The molecule has 1 unspecified atom stereocenters. The minimum atomic E-state index is -0.857. The summed E-state index contributed by atoms with van der Waals surface area (Å²) >= 11 is 0. The summed E-state index contributed by atoms with van der Waals surface area (Å²) in [4.78, 5) is 24.9. The van der Waals surface area contributed by atoms with Crippen LogP contribution < -0.4 is 0 Å². The number of carbonyl (C=O) groups excluding carboxylic acids is 2. The quantitative estimate of drug-likeness (QED) is 0.417. The lowest BCUT2D eigenvalue weighted by atomic mass is 9.96. The fourth-order valence-electron chi connectivity index (χ4n) is 3.13. The van der Waals surface area contributed by atoms with Crippen molar-refractivity contribution in [1.82, 2.24) is 10.2 Å². The van der Waals surface area contributed by atoms with Gasteiger partial charge in [-0.1, -0.05) is 23.8 Å². The molecule has 0 amide bonds. The van der Waals surface area contributed by atoms with E-state index in [-0.39, 0.29) is 18.6 Å². The molecule has 1 heterocycles. The van der Waals surface area contributed by atoms with Crippen LogP contribution >= 0.6 is 0 Å². The molecule has 1 atom stereocenters. The highest BCUT2D eigenvalue weighted by Gasteiger charge is 2.22. The van der Waals surface area contributed by atoms with Gasteiger partial charge in [-0.2, -0.15) is 0 Å². The van der Waals surface area contributed by atoms with Crippen molar-refractivity contribution < 1.29 is 18.7 Å². The lowest BCUT2D eigenvalue weighted by molar-refractivity contribution is -0.146. The predicted molar refractivity (Wildman–Crippen MR) is 113 cm³/mol. The van der Waals surface area contributed by atoms with Gasteiger partial charge in [-0.15, -0.1) is 10.2 Å². The topological polar surface area (TPSA) is 82.3 Å². The number of hydrogen-bond donors (Lipinski definition) is 0. The van der Waals surface area contributed by atoms with Gasteiger partial charge in [0.15, 0.2) is 6.10 Å². The van der Waals surface area contributed by atoms with E-state index in [4.69, 9.17) is 9.15 Å². The standard InChI is InChI=1S/C24H26N2O4/c1-14-6-8-19(9-7-14)24-26-25-21(30-24)10-11-22(27)29-18(5)23(28)20-13-16(3)15(2)12-17(20)4/h6-9,12-13,18H,10-11H2,1-5H3. The molecule has 0 aliphatic rings. The molecule has 0 aliphatic heterocycles. The van der Waals surface area contributed by atoms with Gasteiger partial charge in [0.2, 0.25) is 17.6 Å². The number of benzene rings is 2. The van der Waals surface area contributed by atoms with Crippen LogP contribution in [0.2, 0.25) is 0 Å². The Morgan fingerprint density at radius 3 is 2.33 bits per heavy atom. The fourth-order valence-corrected chi connectivity index (χ4v) is 3.13. The molecule has 30 heavy (non-hydrogen) atoms. The van der Waals surface area contributed by atoms with Crippen molar-refractivity contribution in [3.8, 4) is 11.5 Å². The monoisotopic (exact) mass is 406 g/mol. The first-order valence-electron chi connectivity index (χ1n) is 9.95. The molecule has 0 aliphatic carbocycles. The van der Waals surface area contributed by atoms with Crippen molar-refractivity contribution in [2.45, 2.75) is 53.6 Å². The molecule has 3 rings (SSSR count). The summed E-state index contributed by atoms with van der Waals surface area (Å²) in [5.41, 5.74) is 5.57. The second-order valence-corrected chi connectivity index (χ2v) is 7.61. The first-order chi connectivity index (χ1) is 14.2. The Hall–Kier alpha value is -3.28. The van der Waals surface area contributed by atoms with Crippen LogP contribution in [0.25, 0.3) is 11.5 Å². The number of esters is 1. The van der Waals surface area contributed by atoms with Gasteiger partial charge in [0.1, 0.15) is 0 Å². The van der Waals surface area contributed by atoms with Crippen LogP contribution in [0.15, 0.2) is 40.8 Å². The van der Waals surface area contributed by atoms with Gasteiger partial charge in [0, 0.05) is 17.5 Å². The molecule has 2 aromatic carbocycles. The maximum atomic E-state index is 12.7. The van der Waals surface area contributed by atoms with Gasteiger partial charge >= 0.3 is 5.97 Å². The summed E-state index contributed by atoms with van der Waals surface area (Å²) in [6, 6.07) is 11.6. The highest BCUT2D eigenvalue weighted by Crippen LogP contribution is 2.20. The average molecular weight is 406 g/mol. The van der Waals surface area contributed by atoms with Gasteiger partial charge in [-0.05, 0) is 69.5 Å². The second-order valence-electron chi connectivity index (χ2n) is 7.61. The zero-order chi connectivity index (χ0) is 21.8. The molecule has 3 aromatic rings. The van der Waals surface area contributed by atoms with E-state index in [2.05, 4.69) is 10.2 Å². The number of ether oxygens (including phenoxy) is 1. The number of aryl methyl sites for hydroxylation is 5. The first-order valence-corrected chi connectivity index (χ1v) is 9.95. The van der Waals surface area contributed by atoms with Crippen molar-refractivity contribution in [3.63, 3.8) is 0 Å². The van der Waals surface area contributed by atoms with E-state index in [0.29, 0.717) is 17.3 Å². The van der Waals surface area contributed by atoms with Crippen LogP contribution in [-0.2, 0) is 16.0 Å². The highest BCUT2D eigenvalue weighted by molar-refractivity contribution is 6.01. The summed E-state index contributed by atoms with van der Waals surface area (Å²) in [5.74, 6) is 0.0782. The largest absolute Gasteiger partial charge is 0.454 e. The summed E-state index contributed by atoms with van der Waals surface area (Å²) < 4.78 is 11.0. The van der Waals surface area contributed by atoms with Crippen molar-refractivity contribution in [3.05, 3.63) is 70.1 Å². The summed E-state index contributed by atoms with van der Waals surface area (Å²) in [7, 11) is 0. The molecule has 6 heteroatoms. The number of carbonyl (C=O) groups is 2. The third-order valence-corrected chi connectivity index (χ3v) is 5.09. The minimum Gasteiger partial charge on any atom is -0.454 e. The Morgan fingerprint density at radius 1 is 0.967 bits per heavy atom. The van der Waals surface area contributed by atoms with Crippen molar-refractivity contribution in [2.24, 2.45) is 0 Å². The minimum absolute atomic E-state index is 0.0546. The van der Waals surface area contributed by atoms with E-state index in [1.807, 2.05) is 64.1 Å². The van der Waals surface area contributed by atoms with Crippen LogP contribution in [0, 0.1) is 27.7 Å². The van der Waals surface area contributed by atoms with Gasteiger partial charge < -0.3 is 9.15 Å². The van der Waals surface area contributed by atoms with Crippen molar-refractivity contribution >= 4 is 11.8 Å². The van der Waals surface area contributed by atoms with Crippen molar-refractivity contribution in [1.29, 1.82) is 0 Å². The molecule has 0 radical (unpaired) electrons. The zero-order valence-electron chi connectivity index (χ0n) is 18.0. The number of ketones is 1. The summed E-state index contributed by atoms with van der Waals surface area (Å²) in [6.45, 7) is 9.44. The molecule has 0 N–H and O–H groups in total. The summed E-state index contributed by atoms with van der Waals surface area (Å²) in [5, 5.41) is 8.01. The van der Waals surface area contributed by atoms with E-state index in [1.165, 1.54) is 0 Å². The lowest BCUT2D eigenvalue weighted by Crippen LogP contribution is -2.25. The van der Waals surface area contributed by atoms with E-state index in [1.54, 1.807) is 6.92 Å². The number of Topliss-reactive ketones (excluding diaryl/α,β-unsaturated/α-hetero) is 1. The first kappa shape index (κ1) is 21.4. The van der Waals surface area contributed by atoms with Crippen LogP contribution in [0.5, 0.6) is 0 Å². The van der Waals surface area contributed by atoms with E-state index < -0.39 is 12.1 Å². The van der Waals surface area contributed by atoms with Gasteiger partial charge in [-0.3, -0.25) is 9.59 Å². The third-order valence-electron chi connectivity index (χ3n) is 5.09. The number of nitrogens with zero attached hydrogens (tertiary/aromatic N) is 2. The molecule has 0 saturated heterocycles. The Kier molecular flexibility index (Phi) is 6.45. The Balaban J connectivity index is 1.56. The molecule has 156 valence electrons. The number of aromatic nitrogens is 2. The maximum absolute atomic E-state index is 12.7. The number of rotatable bonds is 7. The highest BCUT2D eigenvalue weighted by atomic mass is 16.5. The molecule has 0 fully saturated rings. The molecular formula is C24H26N2O4. The van der Waals surface area contributed by atoms with Gasteiger partial charge in [-0.25, -0.2) is 0 Å². The normalized spacial score (nSPS) is 11.9. The molecule has 6 nitrogen and oxygen atoms in total. The van der Waals surface area contributed by atoms with E-state index in [9.17, 15) is 9.59 Å². The Labute approximate surface area is 176 Å². The van der Waals surface area contributed by atoms with E-state index >= 15 is 0 Å². The molecule has 0 spiro atoms. The summed E-state index contributed by atoms with van der Waals surface area (Å²) in [6.07, 6.45) is -0.551. The maximum Gasteiger partial charge on any atom is 0.307 e. The van der Waals surface area contributed by atoms with Crippen LogP contribution in [-0.4, -0.2) is 28.1 Å². The average Bonchev–Trinajstić information content (AvgIpc) is 3.18. The molecule has 1 aromatic heterocycles. The smallest absolute Gasteiger partial charge is 0.307 e. The fraction of sp³-hybridized carbons (Fsp3) is 0.333. The molecule has 0 saturated carbocycles.